The molecule has 0 amide bonds. The minimum Gasteiger partial charge on any atom is -0.0622 e. The van der Waals surface area contributed by atoms with Crippen molar-refractivity contribution < 1.29 is 0 Å². The molecule has 0 heteroatoms. The zero-order chi connectivity index (χ0) is 36.5. The van der Waals surface area contributed by atoms with Crippen molar-refractivity contribution in [1.29, 1.82) is 0 Å². The minimum absolute atomic E-state index is 1.24. The van der Waals surface area contributed by atoms with Gasteiger partial charge in [-0.25, -0.2) is 0 Å². The second-order valence-electron chi connectivity index (χ2n) is 15.5. The lowest BCUT2D eigenvalue weighted by molar-refractivity contribution is 1.68. The summed E-state index contributed by atoms with van der Waals surface area (Å²) in [6.07, 6.45) is 0. The molecule has 0 radical (unpaired) electrons. The van der Waals surface area contributed by atoms with Crippen LogP contribution in [0.2, 0.25) is 0 Å². The molecule has 0 aliphatic heterocycles. The SMILES string of the molecule is c1ccc(-c2c3cc4c5ccccc5c5cccc(c3c(-c3ccccc3)c3c6cc7ccccc7c7c(-c8ccc9ccccc9c8)ccc(c23)c67)c54)cc1. The quantitative estimate of drug-likeness (QED) is 0.161. The fourth-order valence-electron chi connectivity index (χ4n) is 10.4. The summed E-state index contributed by atoms with van der Waals surface area (Å²) >= 11 is 0. The monoisotopic (exact) mass is 704 g/mol. The zero-order valence-corrected chi connectivity index (χ0v) is 30.5. The number of benzene rings is 11. The average Bonchev–Trinajstić information content (AvgIpc) is 3.77. The fraction of sp³-hybridized carbons (Fsp3) is 0. The van der Waals surface area contributed by atoms with Gasteiger partial charge < -0.3 is 0 Å². The maximum absolute atomic E-state index is 2.53. The van der Waals surface area contributed by atoms with Gasteiger partial charge in [0, 0.05) is 0 Å². The summed E-state index contributed by atoms with van der Waals surface area (Å²) in [5, 5.41) is 23.6. The molecule has 0 fully saturated rings. The van der Waals surface area contributed by atoms with E-state index in [4.69, 9.17) is 0 Å². The van der Waals surface area contributed by atoms with Crippen LogP contribution in [-0.4, -0.2) is 0 Å². The summed E-state index contributed by atoms with van der Waals surface area (Å²) in [4.78, 5) is 0. The van der Waals surface area contributed by atoms with Gasteiger partial charge in [-0.2, -0.15) is 0 Å². The highest BCUT2D eigenvalue weighted by molar-refractivity contribution is 6.46. The second-order valence-corrected chi connectivity index (χ2v) is 15.5. The Bertz CT molecular complexity index is 3720. The van der Waals surface area contributed by atoms with Crippen molar-refractivity contribution in [2.75, 3.05) is 0 Å². The summed E-state index contributed by atoms with van der Waals surface area (Å²) in [5.74, 6) is 0. The van der Waals surface area contributed by atoms with Gasteiger partial charge in [0.2, 0.25) is 0 Å². The molecule has 0 aliphatic carbocycles. The van der Waals surface area contributed by atoms with E-state index in [0.29, 0.717) is 0 Å². The Balaban J connectivity index is 1.34. The predicted molar refractivity (Wildman–Crippen MR) is 243 cm³/mol. The number of rotatable bonds is 3. The molecule has 0 N–H and O–H groups in total. The molecule has 256 valence electrons. The van der Waals surface area contributed by atoms with E-state index in [-0.39, 0.29) is 0 Å². The molecular weight excluding hydrogens is 673 g/mol. The van der Waals surface area contributed by atoms with Crippen LogP contribution in [0.3, 0.4) is 0 Å². The van der Waals surface area contributed by atoms with Crippen LogP contribution in [-0.2, 0) is 0 Å². The van der Waals surface area contributed by atoms with Gasteiger partial charge in [0.05, 0.1) is 0 Å². The van der Waals surface area contributed by atoms with Gasteiger partial charge in [-0.1, -0.05) is 176 Å². The Morgan fingerprint density at radius 2 is 0.786 bits per heavy atom. The third-order valence-corrected chi connectivity index (χ3v) is 12.7. The van der Waals surface area contributed by atoms with Crippen LogP contribution >= 0.6 is 0 Å². The molecule has 56 heavy (non-hydrogen) atoms. The van der Waals surface area contributed by atoms with Crippen molar-refractivity contribution in [3.63, 3.8) is 0 Å². The lowest BCUT2D eigenvalue weighted by Crippen LogP contribution is -1.91. The maximum Gasteiger partial charge on any atom is -0.000697 e. The van der Waals surface area contributed by atoms with E-state index in [1.165, 1.54) is 130 Å². The van der Waals surface area contributed by atoms with Crippen LogP contribution in [0, 0.1) is 0 Å². The van der Waals surface area contributed by atoms with Gasteiger partial charge in [0.15, 0.2) is 0 Å². The lowest BCUT2D eigenvalue weighted by Gasteiger charge is -2.19. The van der Waals surface area contributed by atoms with E-state index in [1.807, 2.05) is 0 Å². The summed E-state index contributed by atoms with van der Waals surface area (Å²) in [6, 6.07) is 72.8. The molecule has 13 aromatic rings. The third kappa shape index (κ3) is 3.93. The van der Waals surface area contributed by atoms with Gasteiger partial charge in [0.1, 0.15) is 0 Å². The Morgan fingerprint density at radius 1 is 0.196 bits per heavy atom. The molecule has 0 saturated carbocycles. The van der Waals surface area contributed by atoms with Crippen LogP contribution in [0.4, 0.5) is 0 Å². The van der Waals surface area contributed by atoms with Gasteiger partial charge in [0.25, 0.3) is 0 Å². The summed E-state index contributed by atoms with van der Waals surface area (Å²) in [5.41, 5.74) is 7.63. The van der Waals surface area contributed by atoms with Crippen molar-refractivity contribution in [3.05, 3.63) is 194 Å². The molecule has 0 unspecified atom stereocenters. The van der Waals surface area contributed by atoms with Crippen molar-refractivity contribution in [3.8, 4) is 33.4 Å². The highest BCUT2D eigenvalue weighted by Gasteiger charge is 2.27. The molecule has 0 heterocycles. The van der Waals surface area contributed by atoms with E-state index in [9.17, 15) is 0 Å². The van der Waals surface area contributed by atoms with Gasteiger partial charge >= 0.3 is 0 Å². The lowest BCUT2D eigenvalue weighted by atomic mass is 9.84. The van der Waals surface area contributed by atoms with E-state index in [2.05, 4.69) is 194 Å². The molecule has 0 atom stereocenters. The van der Waals surface area contributed by atoms with Crippen molar-refractivity contribution in [1.82, 2.24) is 0 Å². The first-order chi connectivity index (χ1) is 27.8. The first-order valence-electron chi connectivity index (χ1n) is 19.6. The standard InChI is InChI=1S/C56H32/c1-3-15-34(16-4-1)49-48-32-46-42-23-12-11-22-41(42)43-24-13-25-44(51(43)46)53(48)50(35-17-5-2-6-18-35)56-47-31-37-20-9-10-21-39(37)52-40(28-29-45(54(47)52)55(49)56)38-27-26-33-14-7-8-19-36(33)30-38/h1-32H. The van der Waals surface area contributed by atoms with Crippen molar-refractivity contribution in [2.45, 2.75) is 0 Å². The summed E-state index contributed by atoms with van der Waals surface area (Å²) in [6.45, 7) is 0. The number of hydrogen-bond donors (Lipinski definition) is 0. The first-order valence-corrected chi connectivity index (χ1v) is 19.6. The van der Waals surface area contributed by atoms with E-state index in [0.717, 1.165) is 0 Å². The molecule has 0 bridgehead atoms. The largest absolute Gasteiger partial charge is 0.0622 e. The van der Waals surface area contributed by atoms with Crippen molar-refractivity contribution in [2.24, 2.45) is 0 Å². The number of fused-ring (bicyclic) bond motifs is 11. The molecule has 0 saturated heterocycles. The van der Waals surface area contributed by atoms with Crippen LogP contribution in [0.15, 0.2) is 194 Å². The minimum atomic E-state index is 1.24. The fourth-order valence-corrected chi connectivity index (χ4v) is 10.4. The van der Waals surface area contributed by atoms with Gasteiger partial charge in [-0.3, -0.25) is 0 Å². The third-order valence-electron chi connectivity index (χ3n) is 12.7. The highest BCUT2D eigenvalue weighted by atomic mass is 14.3. The zero-order valence-electron chi connectivity index (χ0n) is 30.5. The summed E-state index contributed by atoms with van der Waals surface area (Å²) in [7, 11) is 0. The Labute approximate surface area is 323 Å². The molecule has 0 aromatic heterocycles. The Hall–Kier alpha value is -7.28. The van der Waals surface area contributed by atoms with Crippen LogP contribution < -0.4 is 0 Å². The topological polar surface area (TPSA) is 0 Å². The highest BCUT2D eigenvalue weighted by Crippen LogP contribution is 2.56. The second kappa shape index (κ2) is 11.1. The first kappa shape index (κ1) is 30.1. The smallest absolute Gasteiger partial charge is 0.000697 e. The summed E-state index contributed by atoms with van der Waals surface area (Å²) < 4.78 is 0. The Morgan fingerprint density at radius 3 is 1.57 bits per heavy atom. The van der Waals surface area contributed by atoms with Crippen LogP contribution in [0.25, 0.3) is 130 Å². The molecule has 0 aliphatic rings. The van der Waals surface area contributed by atoms with Gasteiger partial charge in [-0.15, -0.1) is 0 Å². The van der Waals surface area contributed by atoms with E-state index in [1.54, 1.807) is 0 Å². The van der Waals surface area contributed by atoms with E-state index >= 15 is 0 Å². The predicted octanol–water partition coefficient (Wildman–Crippen LogP) is 15.9. The van der Waals surface area contributed by atoms with E-state index < -0.39 is 0 Å². The molecule has 13 aromatic carbocycles. The van der Waals surface area contributed by atoms with Crippen LogP contribution in [0.1, 0.15) is 0 Å². The molecule has 13 rings (SSSR count). The Kier molecular flexibility index (Phi) is 5.98. The van der Waals surface area contributed by atoms with Crippen molar-refractivity contribution >= 4 is 97.0 Å². The molecule has 0 nitrogen and oxygen atoms in total. The van der Waals surface area contributed by atoms with Crippen LogP contribution in [0.5, 0.6) is 0 Å². The molecular formula is C56H32. The molecule has 0 spiro atoms. The number of hydrogen-bond acceptors (Lipinski definition) is 0. The normalized spacial score (nSPS) is 12.3. The maximum atomic E-state index is 2.53. The van der Waals surface area contributed by atoms with Gasteiger partial charge in [-0.05, 0) is 149 Å². The average molecular weight is 705 g/mol.